The van der Waals surface area contributed by atoms with Crippen LogP contribution in [-0.4, -0.2) is 50.0 Å². The Morgan fingerprint density at radius 3 is 2.53 bits per heavy atom. The molecule has 9 nitrogen and oxygen atoms in total. The second-order valence-corrected chi connectivity index (χ2v) is 7.63. The number of hydrogen-bond donors (Lipinski definition) is 1. The van der Waals surface area contributed by atoms with E-state index >= 15 is 0 Å². The van der Waals surface area contributed by atoms with Gasteiger partial charge in [-0.1, -0.05) is 29.5 Å². The van der Waals surface area contributed by atoms with Crippen molar-refractivity contribution < 1.29 is 18.7 Å². The summed E-state index contributed by atoms with van der Waals surface area (Å²) in [6, 6.07) is 13.4. The minimum atomic E-state index is -0.478. The van der Waals surface area contributed by atoms with Crippen LogP contribution >= 0.6 is 0 Å². The van der Waals surface area contributed by atoms with E-state index in [-0.39, 0.29) is 11.5 Å². The summed E-state index contributed by atoms with van der Waals surface area (Å²) in [5.74, 6) is -0.739. The smallest absolute Gasteiger partial charge is 0.274 e. The van der Waals surface area contributed by atoms with Crippen LogP contribution in [0.2, 0.25) is 0 Å². The largest absolute Gasteiger partial charge is 0.351 e. The maximum absolute atomic E-state index is 13.5. The summed E-state index contributed by atoms with van der Waals surface area (Å²) in [6.07, 6.45) is 2.80. The van der Waals surface area contributed by atoms with Crippen LogP contribution in [0.4, 0.5) is 4.39 Å². The SMILES string of the molecule is CCOC(Cn1cc(C(=O)NC(Cn2cnc3ccccc32)c2ccc(F)cc2)nn1)OCC. The number of nitrogens with one attached hydrogen (secondary N) is 1. The molecule has 0 aliphatic carbocycles. The van der Waals surface area contributed by atoms with Gasteiger partial charge in [-0.3, -0.25) is 4.79 Å². The van der Waals surface area contributed by atoms with Crippen LogP contribution in [-0.2, 0) is 22.6 Å². The molecule has 1 unspecified atom stereocenters. The van der Waals surface area contributed by atoms with Gasteiger partial charge in [-0.25, -0.2) is 14.1 Å². The van der Waals surface area contributed by atoms with E-state index in [9.17, 15) is 9.18 Å². The first kappa shape index (κ1) is 23.5. The predicted molar refractivity (Wildman–Crippen MR) is 123 cm³/mol. The average Bonchev–Trinajstić information content (AvgIpc) is 3.47. The Morgan fingerprint density at radius 2 is 1.79 bits per heavy atom. The summed E-state index contributed by atoms with van der Waals surface area (Å²) in [4.78, 5) is 17.5. The van der Waals surface area contributed by atoms with E-state index in [1.165, 1.54) is 16.8 Å². The van der Waals surface area contributed by atoms with E-state index in [2.05, 4.69) is 20.6 Å². The van der Waals surface area contributed by atoms with Crippen molar-refractivity contribution in [1.82, 2.24) is 29.9 Å². The van der Waals surface area contributed by atoms with Crippen molar-refractivity contribution in [3.05, 3.63) is 78.1 Å². The third-order valence-electron chi connectivity index (χ3n) is 5.30. The highest BCUT2D eigenvalue weighted by Crippen LogP contribution is 2.20. The molecule has 4 aromatic rings. The van der Waals surface area contributed by atoms with E-state index in [0.717, 1.165) is 16.6 Å². The zero-order valence-corrected chi connectivity index (χ0v) is 19.1. The molecule has 0 fully saturated rings. The van der Waals surface area contributed by atoms with Crippen molar-refractivity contribution in [2.24, 2.45) is 0 Å². The number of nitrogens with zero attached hydrogens (tertiary/aromatic N) is 5. The first-order valence-electron chi connectivity index (χ1n) is 11.2. The molecule has 0 saturated heterocycles. The van der Waals surface area contributed by atoms with E-state index in [4.69, 9.17) is 9.47 Å². The number of imidazole rings is 1. The van der Waals surface area contributed by atoms with Gasteiger partial charge in [0.25, 0.3) is 5.91 Å². The second-order valence-electron chi connectivity index (χ2n) is 7.63. The van der Waals surface area contributed by atoms with E-state index in [1.807, 2.05) is 42.7 Å². The number of ether oxygens (including phenoxy) is 2. The van der Waals surface area contributed by atoms with Gasteiger partial charge in [-0.15, -0.1) is 5.10 Å². The summed E-state index contributed by atoms with van der Waals surface area (Å²) in [5.41, 5.74) is 2.71. The molecule has 0 radical (unpaired) electrons. The Balaban J connectivity index is 1.53. The number of hydrogen-bond acceptors (Lipinski definition) is 6. The number of rotatable bonds is 11. The summed E-state index contributed by atoms with van der Waals surface area (Å²) < 4.78 is 28.1. The Labute approximate surface area is 196 Å². The van der Waals surface area contributed by atoms with Crippen molar-refractivity contribution in [3.8, 4) is 0 Å². The summed E-state index contributed by atoms with van der Waals surface area (Å²) in [6.45, 7) is 5.47. The molecule has 0 aliphatic rings. The molecule has 10 heteroatoms. The highest BCUT2D eigenvalue weighted by Gasteiger charge is 2.20. The van der Waals surface area contributed by atoms with Crippen molar-refractivity contribution in [3.63, 3.8) is 0 Å². The highest BCUT2D eigenvalue weighted by molar-refractivity contribution is 5.92. The number of halogens is 1. The molecule has 2 aromatic heterocycles. The van der Waals surface area contributed by atoms with Gasteiger partial charge in [-0.05, 0) is 43.7 Å². The monoisotopic (exact) mass is 466 g/mol. The number of para-hydroxylation sites is 2. The lowest BCUT2D eigenvalue weighted by Gasteiger charge is -2.20. The van der Waals surface area contributed by atoms with Crippen LogP contribution in [0.15, 0.2) is 61.1 Å². The summed E-state index contributed by atoms with van der Waals surface area (Å²) in [5, 5.41) is 11.0. The first-order chi connectivity index (χ1) is 16.6. The third-order valence-corrected chi connectivity index (χ3v) is 5.30. The molecule has 2 heterocycles. The number of amides is 1. The molecule has 4 rings (SSSR count). The van der Waals surface area contributed by atoms with E-state index in [1.54, 1.807) is 24.7 Å². The zero-order chi connectivity index (χ0) is 23.9. The fraction of sp³-hybridized carbons (Fsp3) is 0.333. The molecule has 0 aliphatic heterocycles. The van der Waals surface area contributed by atoms with Gasteiger partial charge < -0.3 is 19.4 Å². The Hall–Kier alpha value is -3.63. The molecule has 178 valence electrons. The van der Waals surface area contributed by atoms with Gasteiger partial charge in [-0.2, -0.15) is 0 Å². The van der Waals surface area contributed by atoms with E-state index in [0.29, 0.717) is 26.3 Å². The quantitative estimate of drug-likeness (QED) is 0.341. The van der Waals surface area contributed by atoms with E-state index < -0.39 is 18.2 Å². The molecule has 2 aromatic carbocycles. The molecular formula is C24H27FN6O3. The van der Waals surface area contributed by atoms with Crippen LogP contribution in [0.1, 0.15) is 35.9 Å². The van der Waals surface area contributed by atoms with Crippen LogP contribution in [0, 0.1) is 5.82 Å². The van der Waals surface area contributed by atoms with Crippen molar-refractivity contribution in [2.45, 2.75) is 39.3 Å². The van der Waals surface area contributed by atoms with Gasteiger partial charge in [0.15, 0.2) is 12.0 Å². The molecule has 1 amide bonds. The lowest BCUT2D eigenvalue weighted by molar-refractivity contribution is -0.145. The molecule has 0 spiro atoms. The first-order valence-corrected chi connectivity index (χ1v) is 11.2. The Bertz CT molecular complexity index is 1220. The number of fused-ring (bicyclic) bond motifs is 1. The van der Waals surface area contributed by atoms with Gasteiger partial charge >= 0.3 is 0 Å². The minimum Gasteiger partial charge on any atom is -0.351 e. The Morgan fingerprint density at radius 1 is 1.06 bits per heavy atom. The molecule has 0 saturated carbocycles. The molecular weight excluding hydrogens is 439 g/mol. The van der Waals surface area contributed by atoms with Gasteiger partial charge in [0.05, 0.1) is 36.1 Å². The fourth-order valence-electron chi connectivity index (χ4n) is 3.68. The third kappa shape index (κ3) is 5.64. The molecule has 1 N–H and O–H groups in total. The fourth-order valence-corrected chi connectivity index (χ4v) is 3.68. The second kappa shape index (κ2) is 11.0. The van der Waals surface area contributed by atoms with Crippen LogP contribution in [0.3, 0.4) is 0 Å². The lowest BCUT2D eigenvalue weighted by Crippen LogP contribution is -2.31. The summed E-state index contributed by atoms with van der Waals surface area (Å²) in [7, 11) is 0. The number of benzene rings is 2. The normalized spacial score (nSPS) is 12.4. The molecule has 34 heavy (non-hydrogen) atoms. The molecule has 0 bridgehead atoms. The van der Waals surface area contributed by atoms with Crippen molar-refractivity contribution in [1.29, 1.82) is 0 Å². The highest BCUT2D eigenvalue weighted by atomic mass is 19.1. The van der Waals surface area contributed by atoms with Gasteiger partial charge in [0, 0.05) is 19.8 Å². The van der Waals surface area contributed by atoms with Crippen LogP contribution in [0.25, 0.3) is 11.0 Å². The molecule has 1 atom stereocenters. The average molecular weight is 467 g/mol. The number of carbonyl (C=O) groups is 1. The standard InChI is InChI=1S/C24H27FN6O3/c1-3-33-23(34-4-2)15-31-14-21(28-29-31)24(32)27-20(17-9-11-18(25)12-10-17)13-30-16-26-19-7-5-6-8-22(19)30/h5-12,14,16,20,23H,3-4,13,15H2,1-2H3,(H,27,32). The Kier molecular flexibility index (Phi) is 7.61. The minimum absolute atomic E-state index is 0.161. The van der Waals surface area contributed by atoms with Crippen LogP contribution < -0.4 is 5.32 Å². The maximum atomic E-state index is 13.5. The number of aromatic nitrogens is 5. The summed E-state index contributed by atoms with van der Waals surface area (Å²) >= 11 is 0. The lowest BCUT2D eigenvalue weighted by atomic mass is 10.1. The number of carbonyl (C=O) groups excluding carboxylic acids is 1. The topological polar surface area (TPSA) is 96.1 Å². The van der Waals surface area contributed by atoms with Gasteiger partial charge in [0.2, 0.25) is 0 Å². The zero-order valence-electron chi connectivity index (χ0n) is 19.1. The predicted octanol–water partition coefficient (Wildman–Crippen LogP) is 3.34. The maximum Gasteiger partial charge on any atom is 0.274 e. The van der Waals surface area contributed by atoms with Crippen molar-refractivity contribution >= 4 is 16.9 Å². The van der Waals surface area contributed by atoms with Gasteiger partial charge in [0.1, 0.15) is 5.82 Å². The van der Waals surface area contributed by atoms with Crippen molar-refractivity contribution in [2.75, 3.05) is 13.2 Å². The van der Waals surface area contributed by atoms with Crippen LogP contribution in [0.5, 0.6) is 0 Å².